The minimum atomic E-state index is -0.739. The van der Waals surface area contributed by atoms with Gasteiger partial charge in [0, 0.05) is 10.2 Å². The molecule has 5 rings (SSSR count). The summed E-state index contributed by atoms with van der Waals surface area (Å²) in [5, 5.41) is 2.06. The number of nitrogens with one attached hydrogen (secondary N) is 1. The number of amides is 3. The number of imide groups is 1. The zero-order valence-electron chi connectivity index (χ0n) is 19.5. The molecule has 2 saturated carbocycles. The Morgan fingerprint density at radius 1 is 1.03 bits per heavy atom. The van der Waals surface area contributed by atoms with Gasteiger partial charge < -0.3 is 10.1 Å². The lowest BCUT2D eigenvalue weighted by Gasteiger charge is -2.28. The van der Waals surface area contributed by atoms with Crippen molar-refractivity contribution in [3.05, 3.63) is 57.6 Å². The van der Waals surface area contributed by atoms with Crippen LogP contribution in [0.2, 0.25) is 0 Å². The number of carbonyl (C=O) groups excluding carboxylic acids is 4. The third-order valence-corrected chi connectivity index (χ3v) is 9.61. The van der Waals surface area contributed by atoms with Gasteiger partial charge in [-0.05, 0) is 73.6 Å². The van der Waals surface area contributed by atoms with Crippen molar-refractivity contribution in [3.8, 4) is 0 Å². The van der Waals surface area contributed by atoms with Crippen LogP contribution in [0.1, 0.15) is 27.9 Å². The van der Waals surface area contributed by atoms with Crippen LogP contribution in [0.25, 0.3) is 0 Å². The minimum absolute atomic E-state index is 0.127. The summed E-state index contributed by atoms with van der Waals surface area (Å²) in [6.07, 6.45) is 0.677. The van der Waals surface area contributed by atoms with Crippen LogP contribution in [-0.4, -0.2) is 41.1 Å². The van der Waals surface area contributed by atoms with Gasteiger partial charge in [-0.3, -0.25) is 19.3 Å². The number of esters is 1. The zero-order chi connectivity index (χ0) is 25.9. The number of anilines is 2. The molecule has 2 aromatic rings. The van der Waals surface area contributed by atoms with Crippen molar-refractivity contribution < 1.29 is 23.9 Å². The van der Waals surface area contributed by atoms with Crippen LogP contribution < -0.4 is 10.2 Å². The molecule has 1 saturated heterocycles. The number of alkyl halides is 2. The molecule has 0 unspecified atom stereocenters. The van der Waals surface area contributed by atoms with Gasteiger partial charge in [-0.1, -0.05) is 22.0 Å². The first kappa shape index (κ1) is 25.2. The molecule has 3 aliphatic rings. The van der Waals surface area contributed by atoms with Gasteiger partial charge >= 0.3 is 5.97 Å². The van der Waals surface area contributed by atoms with Gasteiger partial charge in [-0.25, -0.2) is 4.79 Å². The predicted octanol–water partition coefficient (Wildman–Crippen LogP) is 4.83. The lowest BCUT2D eigenvalue weighted by atomic mass is 9.80. The first-order valence-electron chi connectivity index (χ1n) is 11.6. The molecule has 7 nitrogen and oxygen atoms in total. The number of carbonyl (C=O) groups is 4. The fourth-order valence-electron chi connectivity index (χ4n) is 5.69. The molecule has 2 aromatic carbocycles. The summed E-state index contributed by atoms with van der Waals surface area (Å²) < 4.78 is 6.12. The van der Waals surface area contributed by atoms with Crippen LogP contribution in [0, 0.1) is 37.5 Å². The fourth-order valence-corrected chi connectivity index (χ4v) is 7.04. The average molecular weight is 594 g/mol. The highest BCUT2D eigenvalue weighted by Gasteiger charge is 2.66. The van der Waals surface area contributed by atoms with E-state index < -0.39 is 30.3 Å². The molecule has 1 heterocycles. The van der Waals surface area contributed by atoms with E-state index in [-0.39, 0.29) is 45.7 Å². The standard InChI is InChI=1S/C26H23BrCl2N2O5/c1-11-7-18(12(2)6-17(11)27)30-19(32)10-36-26(35)13-4-3-5-14(8-13)31-24(33)20-15-9-16(21(20)25(31)34)23(29)22(15)28/h3-8,15-16,20-23H,9-10H2,1-2H3,(H,30,32)/t15-,16-,20-,21+,22-,23+/m1/s1. The SMILES string of the molecule is Cc1cc(NC(=O)COC(=O)c2cccc(N3C(=O)[C@@H]4[C@H]5C[C@@H]([C@H](Cl)[C@@H]5Cl)[C@@H]4C3=O)c2)c(C)cc1Br. The molecule has 0 aromatic heterocycles. The molecular formula is C26H23BrCl2N2O5. The zero-order valence-corrected chi connectivity index (χ0v) is 22.6. The summed E-state index contributed by atoms with van der Waals surface area (Å²) in [6.45, 7) is 3.28. The molecule has 36 heavy (non-hydrogen) atoms. The highest BCUT2D eigenvalue weighted by Crippen LogP contribution is 2.59. The van der Waals surface area contributed by atoms with Crippen molar-refractivity contribution in [1.82, 2.24) is 0 Å². The van der Waals surface area contributed by atoms with E-state index in [9.17, 15) is 19.2 Å². The number of nitrogens with zero attached hydrogens (tertiary/aromatic N) is 1. The number of fused-ring (bicyclic) bond motifs is 5. The topological polar surface area (TPSA) is 92.8 Å². The number of halogens is 3. The Hall–Kier alpha value is -2.42. The van der Waals surface area contributed by atoms with Gasteiger partial charge in [0.15, 0.2) is 6.61 Å². The minimum Gasteiger partial charge on any atom is -0.452 e. The van der Waals surface area contributed by atoms with E-state index in [4.69, 9.17) is 27.9 Å². The monoisotopic (exact) mass is 592 g/mol. The molecular weight excluding hydrogens is 571 g/mol. The van der Waals surface area contributed by atoms with E-state index in [0.717, 1.165) is 20.5 Å². The molecule has 0 spiro atoms. The summed E-state index contributed by atoms with van der Waals surface area (Å²) in [7, 11) is 0. The van der Waals surface area contributed by atoms with Crippen LogP contribution in [-0.2, 0) is 19.1 Å². The third kappa shape index (κ3) is 4.13. The maximum atomic E-state index is 13.2. The van der Waals surface area contributed by atoms with E-state index in [1.165, 1.54) is 12.1 Å². The number of ether oxygens (including phenoxy) is 1. The summed E-state index contributed by atoms with van der Waals surface area (Å²) >= 11 is 16.3. The van der Waals surface area contributed by atoms with Gasteiger partial charge in [0.1, 0.15) is 0 Å². The van der Waals surface area contributed by atoms with E-state index in [0.29, 0.717) is 12.1 Å². The van der Waals surface area contributed by atoms with Crippen LogP contribution in [0.15, 0.2) is 40.9 Å². The van der Waals surface area contributed by atoms with Crippen LogP contribution in [0.3, 0.4) is 0 Å². The van der Waals surface area contributed by atoms with Gasteiger partial charge in [-0.2, -0.15) is 0 Å². The second kappa shape index (κ2) is 9.47. The Labute approximate surface area is 226 Å². The van der Waals surface area contributed by atoms with E-state index in [2.05, 4.69) is 21.2 Å². The maximum absolute atomic E-state index is 13.2. The lowest BCUT2D eigenvalue weighted by molar-refractivity contribution is -0.123. The largest absolute Gasteiger partial charge is 0.452 e. The molecule has 2 bridgehead atoms. The lowest BCUT2D eigenvalue weighted by Crippen LogP contribution is -2.37. The first-order chi connectivity index (χ1) is 17.1. The summed E-state index contributed by atoms with van der Waals surface area (Å²) in [5.74, 6) is -3.06. The summed E-state index contributed by atoms with van der Waals surface area (Å²) in [4.78, 5) is 52.6. The van der Waals surface area contributed by atoms with Crippen molar-refractivity contribution in [2.75, 3.05) is 16.8 Å². The van der Waals surface area contributed by atoms with Crippen molar-refractivity contribution in [3.63, 3.8) is 0 Å². The van der Waals surface area contributed by atoms with Crippen molar-refractivity contribution in [1.29, 1.82) is 0 Å². The van der Waals surface area contributed by atoms with E-state index in [1.807, 2.05) is 26.0 Å². The Bertz CT molecular complexity index is 1270. The summed E-state index contributed by atoms with van der Waals surface area (Å²) in [5.41, 5.74) is 2.86. The quantitative estimate of drug-likeness (QED) is 0.304. The average Bonchev–Trinajstić information content (AvgIpc) is 3.45. The van der Waals surface area contributed by atoms with Crippen LogP contribution >= 0.6 is 39.1 Å². The van der Waals surface area contributed by atoms with Crippen LogP contribution in [0.4, 0.5) is 11.4 Å². The van der Waals surface area contributed by atoms with Crippen molar-refractivity contribution >= 4 is 74.2 Å². The molecule has 2 aliphatic carbocycles. The number of hydrogen-bond donors (Lipinski definition) is 1. The second-order valence-electron chi connectivity index (χ2n) is 9.61. The fraction of sp³-hybridized carbons (Fsp3) is 0.385. The number of benzene rings is 2. The first-order valence-corrected chi connectivity index (χ1v) is 13.2. The highest BCUT2D eigenvalue weighted by atomic mass is 79.9. The number of rotatable bonds is 5. The molecule has 0 radical (unpaired) electrons. The Balaban J connectivity index is 1.26. The summed E-state index contributed by atoms with van der Waals surface area (Å²) in [6, 6.07) is 9.81. The van der Waals surface area contributed by atoms with Crippen LogP contribution in [0.5, 0.6) is 0 Å². The van der Waals surface area contributed by atoms with Gasteiger partial charge in [-0.15, -0.1) is 23.2 Å². The Morgan fingerprint density at radius 2 is 1.67 bits per heavy atom. The molecule has 3 amide bonds. The second-order valence-corrected chi connectivity index (χ2v) is 11.5. The van der Waals surface area contributed by atoms with E-state index in [1.54, 1.807) is 12.1 Å². The van der Waals surface area contributed by atoms with Gasteiger partial charge in [0.25, 0.3) is 5.91 Å². The van der Waals surface area contributed by atoms with Crippen molar-refractivity contribution in [2.45, 2.75) is 31.0 Å². The molecule has 1 aliphatic heterocycles. The maximum Gasteiger partial charge on any atom is 0.338 e. The van der Waals surface area contributed by atoms with Crippen molar-refractivity contribution in [2.24, 2.45) is 23.7 Å². The predicted molar refractivity (Wildman–Crippen MR) is 139 cm³/mol. The molecule has 10 heteroatoms. The molecule has 6 atom stereocenters. The smallest absolute Gasteiger partial charge is 0.338 e. The molecule has 1 N–H and O–H groups in total. The third-order valence-electron chi connectivity index (χ3n) is 7.44. The van der Waals surface area contributed by atoms with Gasteiger partial charge in [0.05, 0.1) is 33.8 Å². The molecule has 188 valence electrons. The number of aryl methyl sites for hydroxylation is 2. The normalized spacial score (nSPS) is 28.4. The number of hydrogen-bond acceptors (Lipinski definition) is 5. The Kier molecular flexibility index (Phi) is 6.64. The van der Waals surface area contributed by atoms with E-state index >= 15 is 0 Å². The Morgan fingerprint density at radius 3 is 2.31 bits per heavy atom. The highest BCUT2D eigenvalue weighted by molar-refractivity contribution is 9.10. The van der Waals surface area contributed by atoms with Gasteiger partial charge in [0.2, 0.25) is 11.8 Å². The molecule has 3 fully saturated rings.